The van der Waals surface area contributed by atoms with Gasteiger partial charge in [-0.15, -0.1) is 0 Å². The lowest BCUT2D eigenvalue weighted by molar-refractivity contribution is 0.415. The van der Waals surface area contributed by atoms with Gasteiger partial charge in [0.25, 0.3) is 0 Å². The molecule has 0 saturated carbocycles. The molecule has 0 spiro atoms. The first-order valence-corrected chi connectivity index (χ1v) is 10.9. The summed E-state index contributed by atoms with van der Waals surface area (Å²) >= 11 is 0. The lowest BCUT2D eigenvalue weighted by Gasteiger charge is -2.15. The SMILES string of the molecule is COc1cccc(N=Cc2cc(-c3ccccc3)n(-c3ccccc3)c2-c2ccccc2)c1. The van der Waals surface area contributed by atoms with E-state index in [1.807, 2.05) is 48.7 Å². The minimum atomic E-state index is 0.791. The third kappa shape index (κ3) is 4.35. The minimum absolute atomic E-state index is 0.791. The number of hydrogen-bond acceptors (Lipinski definition) is 2. The number of methoxy groups -OCH3 is 1. The summed E-state index contributed by atoms with van der Waals surface area (Å²) in [5.41, 5.74) is 7.51. The summed E-state index contributed by atoms with van der Waals surface area (Å²) in [6.07, 6.45) is 1.95. The first-order valence-electron chi connectivity index (χ1n) is 10.9. The van der Waals surface area contributed by atoms with Crippen molar-refractivity contribution in [2.75, 3.05) is 7.11 Å². The molecule has 0 fully saturated rings. The van der Waals surface area contributed by atoms with E-state index in [9.17, 15) is 0 Å². The second-order valence-electron chi connectivity index (χ2n) is 7.70. The molecule has 4 aromatic carbocycles. The van der Waals surface area contributed by atoms with Gasteiger partial charge in [-0.3, -0.25) is 4.99 Å². The second kappa shape index (κ2) is 9.41. The number of rotatable bonds is 6. The molecule has 0 bridgehead atoms. The van der Waals surface area contributed by atoms with Gasteiger partial charge in [0.15, 0.2) is 0 Å². The van der Waals surface area contributed by atoms with E-state index in [-0.39, 0.29) is 0 Å². The van der Waals surface area contributed by atoms with Crippen LogP contribution >= 0.6 is 0 Å². The molecule has 0 amide bonds. The van der Waals surface area contributed by atoms with Crippen molar-refractivity contribution >= 4 is 11.9 Å². The highest BCUT2D eigenvalue weighted by atomic mass is 16.5. The average molecular weight is 429 g/mol. The zero-order chi connectivity index (χ0) is 22.5. The lowest BCUT2D eigenvalue weighted by atomic mass is 10.1. The number of benzene rings is 4. The average Bonchev–Trinajstić information content (AvgIpc) is 3.29. The molecule has 0 saturated heterocycles. The van der Waals surface area contributed by atoms with Crippen LogP contribution in [-0.2, 0) is 0 Å². The van der Waals surface area contributed by atoms with Crippen molar-refractivity contribution in [2.24, 2.45) is 4.99 Å². The third-order valence-corrected chi connectivity index (χ3v) is 5.57. The van der Waals surface area contributed by atoms with Crippen LogP contribution in [0.5, 0.6) is 5.75 Å². The highest BCUT2D eigenvalue weighted by molar-refractivity contribution is 5.94. The van der Waals surface area contributed by atoms with E-state index in [4.69, 9.17) is 9.73 Å². The summed E-state index contributed by atoms with van der Waals surface area (Å²) in [5, 5.41) is 0. The molecule has 1 aromatic heterocycles. The van der Waals surface area contributed by atoms with Gasteiger partial charge in [0, 0.05) is 23.5 Å². The molecule has 0 unspecified atom stereocenters. The van der Waals surface area contributed by atoms with Crippen LogP contribution in [0.3, 0.4) is 0 Å². The first kappa shape index (κ1) is 20.5. The number of ether oxygens (including phenoxy) is 1. The number of hydrogen-bond donors (Lipinski definition) is 0. The molecular weight excluding hydrogens is 404 g/mol. The van der Waals surface area contributed by atoms with Crippen LogP contribution in [0.15, 0.2) is 126 Å². The van der Waals surface area contributed by atoms with Gasteiger partial charge in [-0.25, -0.2) is 0 Å². The molecule has 3 heteroatoms. The Morgan fingerprint density at radius 1 is 0.667 bits per heavy atom. The van der Waals surface area contributed by atoms with E-state index in [2.05, 4.69) is 83.4 Å². The molecule has 5 rings (SSSR count). The zero-order valence-electron chi connectivity index (χ0n) is 18.4. The summed E-state index contributed by atoms with van der Waals surface area (Å²) in [4.78, 5) is 4.79. The number of para-hydroxylation sites is 1. The summed E-state index contributed by atoms with van der Waals surface area (Å²) < 4.78 is 7.68. The van der Waals surface area contributed by atoms with E-state index in [1.54, 1.807) is 7.11 Å². The Morgan fingerprint density at radius 2 is 1.30 bits per heavy atom. The van der Waals surface area contributed by atoms with Crippen LogP contribution in [-0.4, -0.2) is 17.9 Å². The van der Waals surface area contributed by atoms with Crippen molar-refractivity contribution in [3.05, 3.63) is 127 Å². The van der Waals surface area contributed by atoms with Crippen molar-refractivity contribution in [2.45, 2.75) is 0 Å². The fourth-order valence-corrected chi connectivity index (χ4v) is 4.02. The van der Waals surface area contributed by atoms with Crippen LogP contribution in [0.4, 0.5) is 5.69 Å². The van der Waals surface area contributed by atoms with Crippen molar-refractivity contribution in [3.63, 3.8) is 0 Å². The molecule has 5 aromatic rings. The van der Waals surface area contributed by atoms with Crippen LogP contribution in [0.1, 0.15) is 5.56 Å². The lowest BCUT2D eigenvalue weighted by Crippen LogP contribution is -2.00. The second-order valence-corrected chi connectivity index (χ2v) is 7.70. The molecule has 33 heavy (non-hydrogen) atoms. The number of nitrogens with zero attached hydrogens (tertiary/aromatic N) is 2. The molecule has 1 heterocycles. The first-order chi connectivity index (χ1) is 16.3. The van der Waals surface area contributed by atoms with Crippen LogP contribution in [0.25, 0.3) is 28.2 Å². The quantitative estimate of drug-likeness (QED) is 0.256. The maximum Gasteiger partial charge on any atom is 0.121 e. The molecule has 0 atom stereocenters. The summed E-state index contributed by atoms with van der Waals surface area (Å²) in [7, 11) is 1.67. The molecule has 0 aliphatic carbocycles. The van der Waals surface area contributed by atoms with E-state index >= 15 is 0 Å². The normalized spacial score (nSPS) is 11.1. The van der Waals surface area contributed by atoms with Gasteiger partial charge in [0.05, 0.1) is 24.2 Å². The number of aromatic nitrogens is 1. The van der Waals surface area contributed by atoms with Gasteiger partial charge in [0.2, 0.25) is 0 Å². The van der Waals surface area contributed by atoms with Crippen molar-refractivity contribution in [1.29, 1.82) is 0 Å². The fourth-order valence-electron chi connectivity index (χ4n) is 4.02. The summed E-state index contributed by atoms with van der Waals surface area (Å²) in [5.74, 6) is 0.791. The monoisotopic (exact) mass is 428 g/mol. The fraction of sp³-hybridized carbons (Fsp3) is 0.0333. The molecule has 0 radical (unpaired) electrons. The zero-order valence-corrected chi connectivity index (χ0v) is 18.4. The van der Waals surface area contributed by atoms with Gasteiger partial charge in [-0.1, -0.05) is 84.9 Å². The molecule has 160 valence electrons. The maximum absolute atomic E-state index is 5.36. The van der Waals surface area contributed by atoms with Crippen LogP contribution in [0.2, 0.25) is 0 Å². The number of aliphatic imine (C=N–C) groups is 1. The van der Waals surface area contributed by atoms with Gasteiger partial charge in [0.1, 0.15) is 5.75 Å². The highest BCUT2D eigenvalue weighted by Gasteiger charge is 2.18. The van der Waals surface area contributed by atoms with E-state index in [0.717, 1.165) is 45.2 Å². The Morgan fingerprint density at radius 3 is 1.97 bits per heavy atom. The summed E-state index contributed by atoms with van der Waals surface area (Å²) in [6.45, 7) is 0. The Bertz CT molecular complexity index is 1370. The maximum atomic E-state index is 5.36. The van der Waals surface area contributed by atoms with E-state index in [0.29, 0.717) is 0 Å². The van der Waals surface area contributed by atoms with Gasteiger partial charge >= 0.3 is 0 Å². The smallest absolute Gasteiger partial charge is 0.121 e. The molecule has 3 nitrogen and oxygen atoms in total. The molecule has 0 aliphatic heterocycles. The predicted molar refractivity (Wildman–Crippen MR) is 137 cm³/mol. The van der Waals surface area contributed by atoms with Crippen molar-refractivity contribution in [1.82, 2.24) is 4.57 Å². The molecule has 0 aliphatic rings. The Kier molecular flexibility index (Phi) is 5.85. The highest BCUT2D eigenvalue weighted by Crippen LogP contribution is 2.35. The predicted octanol–water partition coefficient (Wildman–Crippen LogP) is 7.57. The minimum Gasteiger partial charge on any atom is -0.497 e. The summed E-state index contributed by atoms with van der Waals surface area (Å²) in [6, 6.07) is 41.4. The van der Waals surface area contributed by atoms with Crippen LogP contribution < -0.4 is 4.74 Å². The largest absolute Gasteiger partial charge is 0.497 e. The molecular formula is C30H24N2O. The van der Waals surface area contributed by atoms with Gasteiger partial charge in [-0.2, -0.15) is 0 Å². The Labute approximate surface area is 194 Å². The molecule has 0 N–H and O–H groups in total. The Balaban J connectivity index is 1.75. The van der Waals surface area contributed by atoms with Gasteiger partial charge < -0.3 is 9.30 Å². The van der Waals surface area contributed by atoms with Crippen molar-refractivity contribution < 1.29 is 4.74 Å². The van der Waals surface area contributed by atoms with E-state index < -0.39 is 0 Å². The van der Waals surface area contributed by atoms with Gasteiger partial charge in [-0.05, 0) is 41.5 Å². The Hall–Kier alpha value is -4.37. The van der Waals surface area contributed by atoms with E-state index in [1.165, 1.54) is 0 Å². The standard InChI is InChI=1S/C30H24N2O/c1-33-28-19-11-16-26(21-28)31-22-25-20-29(23-12-5-2-6-13-23)32(27-17-9-4-10-18-27)30(25)24-14-7-3-8-15-24/h2-22H,1H3. The van der Waals surface area contributed by atoms with Crippen molar-refractivity contribution in [3.8, 4) is 34.0 Å². The van der Waals surface area contributed by atoms with Crippen LogP contribution in [0, 0.1) is 0 Å². The third-order valence-electron chi connectivity index (χ3n) is 5.57. The topological polar surface area (TPSA) is 26.5 Å².